The molecule has 0 radical (unpaired) electrons. The number of rotatable bonds is 7. The highest BCUT2D eigenvalue weighted by molar-refractivity contribution is 5.78. The molecule has 3 nitrogen and oxygen atoms in total. The Morgan fingerprint density at radius 1 is 1.20 bits per heavy atom. The normalized spacial score (nSPS) is 32.9. The number of nitrogens with one attached hydrogen (secondary N) is 1. The molecule has 0 saturated heterocycles. The van der Waals surface area contributed by atoms with Gasteiger partial charge in [0, 0.05) is 18.0 Å². The summed E-state index contributed by atoms with van der Waals surface area (Å²) in [5.74, 6) is 2.92. The van der Waals surface area contributed by atoms with E-state index in [-0.39, 0.29) is 17.9 Å². The van der Waals surface area contributed by atoms with Crippen LogP contribution < -0.4 is 11.1 Å². The fraction of sp³-hybridized carbons (Fsp3) is 0.941. The summed E-state index contributed by atoms with van der Waals surface area (Å²) in [5, 5.41) is 3.27. The average Bonchev–Trinajstić information content (AvgIpc) is 3.00. The van der Waals surface area contributed by atoms with Crippen LogP contribution in [0.4, 0.5) is 0 Å². The van der Waals surface area contributed by atoms with E-state index in [1.54, 1.807) is 0 Å². The molecule has 3 heteroatoms. The molecule has 0 aromatic rings. The summed E-state index contributed by atoms with van der Waals surface area (Å²) < 4.78 is 0. The zero-order valence-electron chi connectivity index (χ0n) is 13.4. The number of nitrogens with two attached hydrogens (primary N) is 1. The maximum atomic E-state index is 12.2. The standard InChI is InChI=1S/C17H32N2O/c1-11(5-4-6-12(2)18)17(20)19-13(3)16-10-14-7-8-15(16)9-14/h11-16H,4-10,18H2,1-3H3,(H,19,20). The first-order valence-corrected chi connectivity index (χ1v) is 8.53. The first-order chi connectivity index (χ1) is 9.47. The van der Waals surface area contributed by atoms with Gasteiger partial charge >= 0.3 is 0 Å². The summed E-state index contributed by atoms with van der Waals surface area (Å²) in [7, 11) is 0. The van der Waals surface area contributed by atoms with E-state index in [9.17, 15) is 4.79 Å². The summed E-state index contributed by atoms with van der Waals surface area (Å²) in [6, 6.07) is 0.604. The number of hydrogen-bond acceptors (Lipinski definition) is 2. The lowest BCUT2D eigenvalue weighted by molar-refractivity contribution is -0.125. The highest BCUT2D eigenvalue weighted by Gasteiger charge is 2.42. The molecule has 6 atom stereocenters. The second-order valence-corrected chi connectivity index (χ2v) is 7.45. The van der Waals surface area contributed by atoms with Gasteiger partial charge in [-0.25, -0.2) is 0 Å². The number of hydrogen-bond donors (Lipinski definition) is 2. The third-order valence-corrected chi connectivity index (χ3v) is 5.55. The van der Waals surface area contributed by atoms with Gasteiger partial charge < -0.3 is 11.1 Å². The summed E-state index contributed by atoms with van der Waals surface area (Å²) in [5.41, 5.74) is 5.75. The van der Waals surface area contributed by atoms with E-state index in [0.717, 1.165) is 37.0 Å². The zero-order valence-corrected chi connectivity index (χ0v) is 13.4. The van der Waals surface area contributed by atoms with Gasteiger partial charge in [-0.2, -0.15) is 0 Å². The smallest absolute Gasteiger partial charge is 0.223 e. The summed E-state index contributed by atoms with van der Waals surface area (Å²) in [4.78, 5) is 12.2. The van der Waals surface area contributed by atoms with Crippen LogP contribution in [-0.2, 0) is 4.79 Å². The summed E-state index contributed by atoms with van der Waals surface area (Å²) in [6.07, 6.45) is 8.58. The van der Waals surface area contributed by atoms with Gasteiger partial charge in [0.15, 0.2) is 0 Å². The van der Waals surface area contributed by atoms with Crippen molar-refractivity contribution in [1.29, 1.82) is 0 Å². The van der Waals surface area contributed by atoms with E-state index >= 15 is 0 Å². The molecule has 2 rings (SSSR count). The van der Waals surface area contributed by atoms with Crippen molar-refractivity contribution in [3.8, 4) is 0 Å². The third kappa shape index (κ3) is 3.97. The van der Waals surface area contributed by atoms with Crippen LogP contribution in [0.25, 0.3) is 0 Å². The second-order valence-electron chi connectivity index (χ2n) is 7.45. The minimum absolute atomic E-state index is 0.120. The van der Waals surface area contributed by atoms with Crippen molar-refractivity contribution >= 4 is 5.91 Å². The van der Waals surface area contributed by atoms with Crippen molar-refractivity contribution in [1.82, 2.24) is 5.32 Å². The van der Waals surface area contributed by atoms with E-state index in [4.69, 9.17) is 5.73 Å². The Kier molecular flexibility index (Phi) is 5.48. The van der Waals surface area contributed by atoms with E-state index in [1.807, 2.05) is 13.8 Å². The Morgan fingerprint density at radius 3 is 2.50 bits per heavy atom. The topological polar surface area (TPSA) is 55.1 Å². The molecular weight excluding hydrogens is 248 g/mol. The molecule has 0 aromatic carbocycles. The number of carbonyl (C=O) groups excluding carboxylic acids is 1. The molecule has 116 valence electrons. The second kappa shape index (κ2) is 6.93. The fourth-order valence-electron chi connectivity index (χ4n) is 4.26. The van der Waals surface area contributed by atoms with Gasteiger partial charge in [0.2, 0.25) is 5.91 Å². The van der Waals surface area contributed by atoms with Gasteiger partial charge in [0.25, 0.3) is 0 Å². The molecule has 0 heterocycles. The van der Waals surface area contributed by atoms with Gasteiger partial charge in [-0.05, 0) is 63.7 Å². The highest BCUT2D eigenvalue weighted by atomic mass is 16.1. The van der Waals surface area contributed by atoms with Crippen LogP contribution in [0.15, 0.2) is 0 Å². The van der Waals surface area contributed by atoms with E-state index < -0.39 is 0 Å². The number of carbonyl (C=O) groups is 1. The highest BCUT2D eigenvalue weighted by Crippen LogP contribution is 2.49. The average molecular weight is 280 g/mol. The van der Waals surface area contributed by atoms with Crippen LogP contribution in [0.3, 0.4) is 0 Å². The quantitative estimate of drug-likeness (QED) is 0.753. The molecule has 3 N–H and O–H groups in total. The lowest BCUT2D eigenvalue weighted by atomic mass is 9.84. The maximum Gasteiger partial charge on any atom is 0.223 e. The van der Waals surface area contributed by atoms with Gasteiger partial charge in [-0.15, -0.1) is 0 Å². The van der Waals surface area contributed by atoms with E-state index in [2.05, 4.69) is 12.2 Å². The summed E-state index contributed by atoms with van der Waals surface area (Å²) >= 11 is 0. The van der Waals surface area contributed by atoms with Gasteiger partial charge in [0.05, 0.1) is 0 Å². The Bertz CT molecular complexity index is 329. The Hall–Kier alpha value is -0.570. The lowest BCUT2D eigenvalue weighted by Crippen LogP contribution is -2.42. The van der Waals surface area contributed by atoms with E-state index in [1.165, 1.54) is 25.7 Å². The predicted molar refractivity (Wildman–Crippen MR) is 83.2 cm³/mol. The fourth-order valence-corrected chi connectivity index (χ4v) is 4.26. The molecule has 1 amide bonds. The van der Waals surface area contributed by atoms with Crippen LogP contribution in [-0.4, -0.2) is 18.0 Å². The van der Waals surface area contributed by atoms with E-state index in [0.29, 0.717) is 6.04 Å². The van der Waals surface area contributed by atoms with Gasteiger partial charge in [-0.3, -0.25) is 4.79 Å². The van der Waals surface area contributed by atoms with Crippen molar-refractivity contribution < 1.29 is 4.79 Å². The Labute approximate surface area is 124 Å². The van der Waals surface area contributed by atoms with Crippen molar-refractivity contribution in [3.05, 3.63) is 0 Å². The van der Waals surface area contributed by atoms with Gasteiger partial charge in [-0.1, -0.05) is 19.8 Å². The Balaban J connectivity index is 1.70. The van der Waals surface area contributed by atoms with Crippen LogP contribution in [0.5, 0.6) is 0 Å². The van der Waals surface area contributed by atoms with Gasteiger partial charge in [0.1, 0.15) is 0 Å². The van der Waals surface area contributed by atoms with Crippen LogP contribution in [0.2, 0.25) is 0 Å². The molecule has 0 aromatic heterocycles. The summed E-state index contributed by atoms with van der Waals surface area (Å²) in [6.45, 7) is 6.28. The van der Waals surface area contributed by atoms with Crippen LogP contribution >= 0.6 is 0 Å². The van der Waals surface area contributed by atoms with Crippen molar-refractivity contribution in [2.24, 2.45) is 29.4 Å². The van der Waals surface area contributed by atoms with Crippen LogP contribution in [0.1, 0.15) is 65.7 Å². The van der Waals surface area contributed by atoms with Crippen LogP contribution in [0, 0.1) is 23.7 Å². The Morgan fingerprint density at radius 2 is 1.95 bits per heavy atom. The van der Waals surface area contributed by atoms with Crippen molar-refractivity contribution in [2.75, 3.05) is 0 Å². The first-order valence-electron chi connectivity index (χ1n) is 8.53. The molecule has 0 spiro atoms. The SMILES string of the molecule is CC(N)CCCC(C)C(=O)NC(C)C1CC2CCC1C2. The predicted octanol–water partition coefficient (Wildman–Crippen LogP) is 3.08. The minimum Gasteiger partial charge on any atom is -0.353 e. The molecule has 2 aliphatic carbocycles. The monoisotopic (exact) mass is 280 g/mol. The minimum atomic E-state index is 0.120. The third-order valence-electron chi connectivity index (χ3n) is 5.55. The molecular formula is C17H32N2O. The molecule has 2 aliphatic rings. The number of amides is 1. The molecule has 2 bridgehead atoms. The maximum absolute atomic E-state index is 12.2. The van der Waals surface area contributed by atoms with Crippen molar-refractivity contribution in [2.45, 2.75) is 77.8 Å². The zero-order chi connectivity index (χ0) is 14.7. The molecule has 2 saturated carbocycles. The molecule has 6 unspecified atom stereocenters. The molecule has 20 heavy (non-hydrogen) atoms. The molecule has 2 fully saturated rings. The molecule has 0 aliphatic heterocycles. The number of fused-ring (bicyclic) bond motifs is 2. The first kappa shape index (κ1) is 15.8. The van der Waals surface area contributed by atoms with Crippen molar-refractivity contribution in [3.63, 3.8) is 0 Å². The largest absolute Gasteiger partial charge is 0.353 e. The lowest BCUT2D eigenvalue weighted by Gasteiger charge is -2.29.